The number of rotatable bonds is 2. The summed E-state index contributed by atoms with van der Waals surface area (Å²) in [5.74, 6) is -0.967. The zero-order chi connectivity index (χ0) is 7.65. The van der Waals surface area contributed by atoms with Gasteiger partial charge in [0, 0.05) is 1.37 Å². The van der Waals surface area contributed by atoms with E-state index in [1.165, 1.54) is 0 Å². The number of hydrogen-bond donors (Lipinski definition) is 0. The molecule has 0 aliphatic carbocycles. The van der Waals surface area contributed by atoms with Crippen LogP contribution in [0.25, 0.3) is 0 Å². The molecule has 1 atom stereocenters. The van der Waals surface area contributed by atoms with E-state index < -0.39 is 17.5 Å². The average molecular weight is 231 g/mol. The van der Waals surface area contributed by atoms with E-state index in [1.54, 1.807) is 0 Å². The number of halogens is 5. The third-order valence-corrected chi connectivity index (χ3v) is 2.83. The Morgan fingerprint density at radius 3 is 1.75 bits per heavy atom. The maximum atomic E-state index is 7.08. The van der Waals surface area contributed by atoms with Gasteiger partial charge in [0.2, 0.25) is 0 Å². The lowest BCUT2D eigenvalue weighted by atomic mass is 10.2. The summed E-state index contributed by atoms with van der Waals surface area (Å²) in [6.45, 7) is 0. The molecule has 0 aliphatic rings. The Kier molecular flexibility index (Phi) is 3.71. The molecule has 0 spiro atoms. The van der Waals surface area contributed by atoms with Gasteiger partial charge >= 0.3 is 11.5 Å². The normalized spacial score (nSPS) is 17.4. The zero-order valence-electron chi connectivity index (χ0n) is 4.54. The highest BCUT2D eigenvalue weighted by molar-refractivity contribution is 7.67. The molecule has 0 rings (SSSR count). The Morgan fingerprint density at radius 2 is 1.75 bits per heavy atom. The Hall–Kier alpha value is 1.73. The maximum Gasteiger partial charge on any atom is 0.352 e. The van der Waals surface area contributed by atoms with E-state index in [0.717, 1.165) is 0 Å². The van der Waals surface area contributed by atoms with Gasteiger partial charge in [0.05, 0.1) is 0 Å². The lowest BCUT2D eigenvalue weighted by Crippen LogP contribution is -2.14. The van der Waals surface area contributed by atoms with Gasteiger partial charge in [-0.15, -0.1) is 33.2 Å². The van der Waals surface area contributed by atoms with Crippen LogP contribution < -0.4 is 0 Å². The second-order valence-corrected chi connectivity index (χ2v) is 10.7. The summed E-state index contributed by atoms with van der Waals surface area (Å²) in [5.41, 5.74) is -0.913. The molecule has 0 aliphatic heterocycles. The second-order valence-electron chi connectivity index (χ2n) is 1.04. The lowest BCUT2D eigenvalue weighted by Gasteiger charge is -2.03. The third kappa shape index (κ3) is 7.73. The Morgan fingerprint density at radius 1 is 1.38 bits per heavy atom. The highest BCUT2D eigenvalue weighted by atomic mass is 35.8. The maximum absolute atomic E-state index is 7.08. The van der Waals surface area contributed by atoms with Crippen molar-refractivity contribution in [2.75, 3.05) is 0 Å². The van der Waals surface area contributed by atoms with Crippen molar-refractivity contribution in [3.05, 3.63) is 0 Å². The van der Waals surface area contributed by atoms with Gasteiger partial charge < -0.3 is 0 Å². The molecule has 0 nitrogen and oxygen atoms in total. The molecule has 0 aromatic heterocycles. The predicted molar refractivity (Wildman–Crippen MR) is 45.6 cm³/mol. The smallest absolute Gasteiger partial charge is 0.172 e. The van der Waals surface area contributed by atoms with Gasteiger partial charge in [-0.2, -0.15) is 22.9 Å². The molecule has 0 saturated heterocycles. The Balaban J connectivity index is 3.88. The minimum Gasteiger partial charge on any atom is -0.172 e. The van der Waals surface area contributed by atoms with Crippen molar-refractivity contribution in [1.82, 2.24) is 0 Å². The minimum absolute atomic E-state index is 0.913. The first kappa shape index (κ1) is 7.83. The van der Waals surface area contributed by atoms with Crippen molar-refractivity contribution in [2.24, 2.45) is 0 Å². The van der Waals surface area contributed by atoms with Crippen LogP contribution in [0, 0.1) is 0 Å². The fourth-order valence-electron chi connectivity index (χ4n) is 0.143. The molecule has 0 saturated carbocycles. The van der Waals surface area contributed by atoms with E-state index in [1.807, 2.05) is 0 Å². The monoisotopic (exact) mass is 229 g/mol. The number of hydrogen-bond acceptors (Lipinski definition) is 0. The fraction of sp³-hybridized carbons (Fsp3) is 1.00. The van der Waals surface area contributed by atoms with Crippen molar-refractivity contribution < 1.29 is 1.37 Å². The van der Waals surface area contributed by atoms with Crippen LogP contribution in [0.2, 0.25) is 5.92 Å². The summed E-state index contributed by atoms with van der Waals surface area (Å²) >= 11 is 26.7. The van der Waals surface area contributed by atoms with Gasteiger partial charge in [-0.1, -0.05) is 0 Å². The van der Waals surface area contributed by atoms with Gasteiger partial charge in [0.15, 0.2) is 0 Å². The summed E-state index contributed by atoms with van der Waals surface area (Å²) in [5, 5.41) is 0. The molecule has 0 heterocycles. The summed E-state index contributed by atoms with van der Waals surface area (Å²) < 4.78 is 7.08. The lowest BCUT2D eigenvalue weighted by molar-refractivity contribution is 2.04. The molecular formula is CH2BCl5Si. The summed E-state index contributed by atoms with van der Waals surface area (Å²) in [4.78, 5) is 0. The average Bonchev–Trinajstić information content (AvgIpc) is 1.62. The minimum atomic E-state index is -3.00. The molecule has 0 N–H and O–H groups in total. The van der Waals surface area contributed by atoms with Gasteiger partial charge in [0.1, 0.15) is 0 Å². The van der Waals surface area contributed by atoms with Crippen molar-refractivity contribution in [3.8, 4) is 0 Å². The Labute approximate surface area is 74.8 Å². The van der Waals surface area contributed by atoms with Gasteiger partial charge in [0.25, 0.3) is 0 Å². The van der Waals surface area contributed by atoms with E-state index in [9.17, 15) is 0 Å². The topological polar surface area (TPSA) is 0 Å². The second kappa shape index (κ2) is 3.79. The zero-order valence-corrected chi connectivity index (χ0v) is 8.32. The largest absolute Gasteiger partial charge is 0.352 e. The molecule has 8 heavy (non-hydrogen) atoms. The molecule has 0 aromatic carbocycles. The first-order valence-electron chi connectivity index (χ1n) is 2.20. The van der Waals surface area contributed by atoms with Crippen LogP contribution in [0.4, 0.5) is 0 Å². The molecule has 0 amide bonds. The predicted octanol–water partition coefficient (Wildman–Crippen LogP) is 3.15. The van der Waals surface area contributed by atoms with Crippen LogP contribution in [0.1, 0.15) is 1.37 Å². The molecule has 0 fully saturated rings. The molecular weight excluding hydrogens is 228 g/mol. The van der Waals surface area contributed by atoms with E-state index in [-0.39, 0.29) is 0 Å². The SMILES string of the molecule is [2H]C(B(Cl)Cl)[Si](Cl)(Cl)Cl. The molecule has 0 aromatic rings. The molecule has 0 bridgehead atoms. The van der Waals surface area contributed by atoms with E-state index in [2.05, 4.69) is 0 Å². The highest BCUT2D eigenvalue weighted by Crippen LogP contribution is 2.27. The van der Waals surface area contributed by atoms with Crippen molar-refractivity contribution in [2.45, 2.75) is 5.92 Å². The van der Waals surface area contributed by atoms with Crippen LogP contribution in [0.15, 0.2) is 0 Å². The van der Waals surface area contributed by atoms with E-state index >= 15 is 0 Å². The van der Waals surface area contributed by atoms with Gasteiger partial charge in [-0.05, 0) is 5.92 Å². The van der Waals surface area contributed by atoms with Gasteiger partial charge in [-0.25, -0.2) is 0 Å². The van der Waals surface area contributed by atoms with Crippen molar-refractivity contribution in [3.63, 3.8) is 0 Å². The van der Waals surface area contributed by atoms with Crippen LogP contribution >= 0.6 is 56.2 Å². The quantitative estimate of drug-likeness (QED) is 0.506. The van der Waals surface area contributed by atoms with Gasteiger partial charge in [-0.3, -0.25) is 0 Å². The Bertz CT molecular complexity index is 91.4. The molecule has 7 heteroatoms. The molecule has 0 radical (unpaired) electrons. The fourth-order valence-corrected chi connectivity index (χ4v) is 3.86. The molecule has 1 unspecified atom stereocenters. The van der Waals surface area contributed by atoms with E-state index in [0.29, 0.717) is 0 Å². The van der Waals surface area contributed by atoms with Crippen LogP contribution in [0.3, 0.4) is 0 Å². The van der Waals surface area contributed by atoms with Crippen LogP contribution in [-0.4, -0.2) is 11.5 Å². The standard InChI is InChI=1S/CH2BCl5Si/c3-2(4)1-8(5,6)7/h1H2/i1D. The summed E-state index contributed by atoms with van der Waals surface area (Å²) in [6.07, 6.45) is 0. The summed E-state index contributed by atoms with van der Waals surface area (Å²) in [7, 11) is 0. The van der Waals surface area contributed by atoms with E-state index in [4.69, 9.17) is 57.5 Å². The first-order chi connectivity index (χ1) is 3.85. The van der Waals surface area contributed by atoms with Crippen molar-refractivity contribution >= 4 is 67.7 Å². The van der Waals surface area contributed by atoms with Crippen LogP contribution in [0.5, 0.6) is 0 Å². The third-order valence-electron chi connectivity index (χ3n) is 0.315. The molecule has 48 valence electrons. The van der Waals surface area contributed by atoms with Crippen LogP contribution in [-0.2, 0) is 0 Å². The van der Waals surface area contributed by atoms with Crippen molar-refractivity contribution in [1.29, 1.82) is 0 Å². The first-order valence-corrected chi connectivity index (χ1v) is 7.61. The highest BCUT2D eigenvalue weighted by Gasteiger charge is 2.29. The summed E-state index contributed by atoms with van der Waals surface area (Å²) in [6, 6.07) is -3.00.